The average Bonchev–Trinajstić information content (AvgIpc) is 2.48. The lowest BCUT2D eigenvalue weighted by atomic mass is 10.1. The zero-order valence-electron chi connectivity index (χ0n) is 13.0. The minimum absolute atomic E-state index is 0.151. The van der Waals surface area contributed by atoms with Crippen molar-refractivity contribution in [3.8, 4) is 0 Å². The normalized spacial score (nSPS) is 10.8. The van der Waals surface area contributed by atoms with E-state index >= 15 is 0 Å². The maximum atomic E-state index is 11.9. The van der Waals surface area contributed by atoms with Gasteiger partial charge in [0.2, 0.25) is 5.91 Å². The van der Waals surface area contributed by atoms with Crippen molar-refractivity contribution in [1.82, 2.24) is 15.2 Å². The van der Waals surface area contributed by atoms with Crippen LogP contribution in [-0.4, -0.2) is 35.4 Å². The van der Waals surface area contributed by atoms with E-state index in [-0.39, 0.29) is 5.91 Å². The first kappa shape index (κ1) is 15.4. The fourth-order valence-electron chi connectivity index (χ4n) is 2.39. The molecular formula is C17H23N3O. The lowest BCUT2D eigenvalue weighted by Gasteiger charge is -2.18. The van der Waals surface area contributed by atoms with Gasteiger partial charge in [-0.3, -0.25) is 9.78 Å². The minimum atomic E-state index is 0.151. The van der Waals surface area contributed by atoms with Gasteiger partial charge in [-0.15, -0.1) is 0 Å². The third-order valence-electron chi connectivity index (χ3n) is 3.61. The van der Waals surface area contributed by atoms with Gasteiger partial charge in [0.05, 0.1) is 12.1 Å². The molecule has 4 nitrogen and oxygen atoms in total. The molecule has 0 aliphatic carbocycles. The highest BCUT2D eigenvalue weighted by molar-refractivity contribution is 5.79. The van der Waals surface area contributed by atoms with Gasteiger partial charge in [0, 0.05) is 30.7 Å². The first-order chi connectivity index (χ1) is 10.1. The second kappa shape index (κ2) is 7.18. The lowest BCUT2D eigenvalue weighted by Crippen LogP contribution is -2.37. The van der Waals surface area contributed by atoms with Crippen molar-refractivity contribution < 1.29 is 4.79 Å². The van der Waals surface area contributed by atoms with Gasteiger partial charge in [0.1, 0.15) is 0 Å². The van der Waals surface area contributed by atoms with Gasteiger partial charge in [-0.2, -0.15) is 0 Å². The topological polar surface area (TPSA) is 45.2 Å². The van der Waals surface area contributed by atoms with Gasteiger partial charge in [-0.05, 0) is 44.5 Å². The fraction of sp³-hybridized carbons (Fsp3) is 0.412. The molecule has 2 aromatic rings. The Morgan fingerprint density at radius 1 is 1.19 bits per heavy atom. The van der Waals surface area contributed by atoms with E-state index in [2.05, 4.69) is 28.5 Å². The largest absolute Gasteiger partial charge is 0.342 e. The van der Waals surface area contributed by atoms with Crippen LogP contribution < -0.4 is 5.32 Å². The van der Waals surface area contributed by atoms with Gasteiger partial charge >= 0.3 is 0 Å². The Labute approximate surface area is 126 Å². The zero-order valence-corrected chi connectivity index (χ0v) is 13.0. The molecule has 0 radical (unpaired) electrons. The summed E-state index contributed by atoms with van der Waals surface area (Å²) in [5.41, 5.74) is 3.21. The van der Waals surface area contributed by atoms with E-state index in [4.69, 9.17) is 0 Å². The number of carbonyl (C=O) groups is 1. The van der Waals surface area contributed by atoms with E-state index in [1.54, 1.807) is 0 Å². The van der Waals surface area contributed by atoms with Crippen LogP contribution in [0.15, 0.2) is 30.3 Å². The van der Waals surface area contributed by atoms with E-state index in [9.17, 15) is 4.79 Å². The van der Waals surface area contributed by atoms with Crippen LogP contribution in [0.3, 0.4) is 0 Å². The standard InChI is InChI=1S/C17H23N3O/c1-4-20(5-2)17(21)12-18-11-14-7-9-16-15(10-14)8-6-13(3)19-16/h6-10,18H,4-5,11-12H2,1-3H3. The number of likely N-dealkylation sites (N-methyl/N-ethyl adjacent to an activating group) is 1. The summed E-state index contributed by atoms with van der Waals surface area (Å²) in [6.45, 7) is 8.59. The molecule has 2 rings (SSSR count). The van der Waals surface area contributed by atoms with Crippen LogP contribution in [-0.2, 0) is 11.3 Å². The molecular weight excluding hydrogens is 262 g/mol. The first-order valence-electron chi connectivity index (χ1n) is 7.48. The molecule has 0 unspecified atom stereocenters. The molecule has 0 aliphatic rings. The van der Waals surface area contributed by atoms with Crippen LogP contribution in [0.1, 0.15) is 25.1 Å². The maximum Gasteiger partial charge on any atom is 0.236 e. The van der Waals surface area contributed by atoms with Crippen molar-refractivity contribution in [3.05, 3.63) is 41.6 Å². The monoisotopic (exact) mass is 285 g/mol. The number of rotatable bonds is 6. The van der Waals surface area contributed by atoms with Gasteiger partial charge in [0.25, 0.3) is 0 Å². The third kappa shape index (κ3) is 4.02. The van der Waals surface area contributed by atoms with Crippen molar-refractivity contribution in [2.75, 3.05) is 19.6 Å². The Balaban J connectivity index is 1.95. The predicted octanol–water partition coefficient (Wildman–Crippen LogP) is 2.50. The van der Waals surface area contributed by atoms with Crippen molar-refractivity contribution >= 4 is 16.8 Å². The second-order valence-electron chi connectivity index (χ2n) is 5.15. The molecule has 0 atom stereocenters. The van der Waals surface area contributed by atoms with Crippen molar-refractivity contribution in [3.63, 3.8) is 0 Å². The Hall–Kier alpha value is -1.94. The summed E-state index contributed by atoms with van der Waals surface area (Å²) in [5.74, 6) is 0.151. The van der Waals surface area contributed by atoms with Crippen LogP contribution in [0.2, 0.25) is 0 Å². The molecule has 112 valence electrons. The molecule has 4 heteroatoms. The average molecular weight is 285 g/mol. The Bertz CT molecular complexity index is 620. The predicted molar refractivity (Wildman–Crippen MR) is 86.1 cm³/mol. The Kier molecular flexibility index (Phi) is 5.28. The van der Waals surface area contributed by atoms with Crippen LogP contribution >= 0.6 is 0 Å². The van der Waals surface area contributed by atoms with E-state index in [1.165, 1.54) is 5.56 Å². The number of nitrogens with one attached hydrogen (secondary N) is 1. The smallest absolute Gasteiger partial charge is 0.236 e. The Morgan fingerprint density at radius 3 is 2.67 bits per heavy atom. The molecule has 0 aliphatic heterocycles. The molecule has 0 saturated carbocycles. The summed E-state index contributed by atoms with van der Waals surface area (Å²) in [7, 11) is 0. The van der Waals surface area contributed by atoms with Crippen molar-refractivity contribution in [1.29, 1.82) is 0 Å². The number of amides is 1. The molecule has 1 N–H and O–H groups in total. The summed E-state index contributed by atoms with van der Waals surface area (Å²) < 4.78 is 0. The fourth-order valence-corrected chi connectivity index (χ4v) is 2.39. The first-order valence-corrected chi connectivity index (χ1v) is 7.48. The quantitative estimate of drug-likeness (QED) is 0.887. The molecule has 1 aromatic heterocycles. The van der Waals surface area contributed by atoms with E-state index in [0.717, 1.165) is 29.7 Å². The summed E-state index contributed by atoms with van der Waals surface area (Å²) in [4.78, 5) is 18.2. The third-order valence-corrected chi connectivity index (χ3v) is 3.61. The highest BCUT2D eigenvalue weighted by atomic mass is 16.2. The summed E-state index contributed by atoms with van der Waals surface area (Å²) in [6.07, 6.45) is 0. The maximum absolute atomic E-state index is 11.9. The number of carbonyl (C=O) groups excluding carboxylic acids is 1. The molecule has 0 fully saturated rings. The Morgan fingerprint density at radius 2 is 1.95 bits per heavy atom. The molecule has 21 heavy (non-hydrogen) atoms. The molecule has 1 aromatic carbocycles. The number of hydrogen-bond acceptors (Lipinski definition) is 3. The summed E-state index contributed by atoms with van der Waals surface area (Å²) in [5, 5.41) is 4.35. The highest BCUT2D eigenvalue weighted by Crippen LogP contribution is 2.14. The molecule has 1 amide bonds. The van der Waals surface area contributed by atoms with Crippen LogP contribution in [0.4, 0.5) is 0 Å². The van der Waals surface area contributed by atoms with Crippen LogP contribution in [0, 0.1) is 6.92 Å². The lowest BCUT2D eigenvalue weighted by molar-refractivity contribution is -0.129. The number of aromatic nitrogens is 1. The van der Waals surface area contributed by atoms with Crippen molar-refractivity contribution in [2.24, 2.45) is 0 Å². The highest BCUT2D eigenvalue weighted by Gasteiger charge is 2.08. The molecule has 0 saturated heterocycles. The summed E-state index contributed by atoms with van der Waals surface area (Å²) >= 11 is 0. The van der Waals surface area contributed by atoms with E-state index in [1.807, 2.05) is 37.8 Å². The second-order valence-corrected chi connectivity index (χ2v) is 5.15. The number of pyridine rings is 1. The van der Waals surface area contributed by atoms with Gasteiger partial charge in [-0.25, -0.2) is 0 Å². The van der Waals surface area contributed by atoms with Crippen LogP contribution in [0.5, 0.6) is 0 Å². The van der Waals surface area contributed by atoms with Crippen LogP contribution in [0.25, 0.3) is 10.9 Å². The molecule has 0 bridgehead atoms. The number of nitrogens with zero attached hydrogens (tertiary/aromatic N) is 2. The number of fused-ring (bicyclic) bond motifs is 1. The number of benzene rings is 1. The minimum Gasteiger partial charge on any atom is -0.342 e. The SMILES string of the molecule is CCN(CC)C(=O)CNCc1ccc2nc(C)ccc2c1. The molecule has 0 spiro atoms. The summed E-state index contributed by atoms with van der Waals surface area (Å²) in [6, 6.07) is 10.3. The van der Waals surface area contributed by atoms with E-state index in [0.29, 0.717) is 13.1 Å². The zero-order chi connectivity index (χ0) is 15.2. The van der Waals surface area contributed by atoms with Gasteiger partial charge < -0.3 is 10.2 Å². The number of aryl methyl sites for hydroxylation is 1. The number of hydrogen-bond donors (Lipinski definition) is 1. The van der Waals surface area contributed by atoms with E-state index < -0.39 is 0 Å². The van der Waals surface area contributed by atoms with Gasteiger partial charge in [-0.1, -0.05) is 12.1 Å². The van der Waals surface area contributed by atoms with Crippen molar-refractivity contribution in [2.45, 2.75) is 27.3 Å². The molecule has 1 heterocycles. The van der Waals surface area contributed by atoms with Gasteiger partial charge in [0.15, 0.2) is 0 Å².